The van der Waals surface area contributed by atoms with E-state index in [9.17, 15) is 4.79 Å². The second kappa shape index (κ2) is 6.04. The molecule has 0 N–H and O–H groups in total. The van der Waals surface area contributed by atoms with E-state index in [1.165, 1.54) is 11.0 Å². The average Bonchev–Trinajstić information content (AvgIpc) is 3.12. The predicted octanol–water partition coefficient (Wildman–Crippen LogP) is 0.639. The summed E-state index contributed by atoms with van der Waals surface area (Å²) < 4.78 is 6.70. The van der Waals surface area contributed by atoms with Crippen LogP contribution in [-0.4, -0.2) is 50.8 Å². The Morgan fingerprint density at radius 3 is 2.79 bits per heavy atom. The van der Waals surface area contributed by atoms with Crippen molar-refractivity contribution < 1.29 is 4.42 Å². The van der Waals surface area contributed by atoms with E-state index in [1.807, 2.05) is 18.2 Å². The van der Waals surface area contributed by atoms with Crippen molar-refractivity contribution in [1.29, 1.82) is 0 Å². The lowest BCUT2D eigenvalue weighted by Gasteiger charge is -2.35. The van der Waals surface area contributed by atoms with Crippen LogP contribution in [0.25, 0.3) is 10.9 Å². The number of rotatable bonds is 3. The summed E-state index contributed by atoms with van der Waals surface area (Å²) >= 11 is 0. The number of piperazine rings is 1. The number of benzene rings is 1. The second-order valence-electron chi connectivity index (χ2n) is 5.96. The van der Waals surface area contributed by atoms with Crippen LogP contribution < -0.4 is 10.5 Å². The van der Waals surface area contributed by atoms with E-state index in [4.69, 9.17) is 4.42 Å². The zero-order valence-electron chi connectivity index (χ0n) is 13.4. The van der Waals surface area contributed by atoms with Crippen molar-refractivity contribution in [3.8, 4) is 0 Å². The van der Waals surface area contributed by atoms with E-state index < -0.39 is 0 Å². The predicted molar refractivity (Wildman–Crippen MR) is 88.8 cm³/mol. The molecular formula is C16H18N6O2. The first-order valence-corrected chi connectivity index (χ1v) is 7.88. The summed E-state index contributed by atoms with van der Waals surface area (Å²) in [5.41, 5.74) is 1.82. The fraction of sp³-hybridized carbons (Fsp3) is 0.375. The van der Waals surface area contributed by atoms with E-state index in [0.717, 1.165) is 37.4 Å². The van der Waals surface area contributed by atoms with Gasteiger partial charge in [-0.2, -0.15) is 0 Å². The van der Waals surface area contributed by atoms with Gasteiger partial charge in [-0.1, -0.05) is 0 Å². The lowest BCUT2D eigenvalue weighted by molar-refractivity contribution is 0.226. The summed E-state index contributed by atoms with van der Waals surface area (Å²) in [6.07, 6.45) is 2.93. The van der Waals surface area contributed by atoms with Crippen LogP contribution in [0.15, 0.2) is 40.1 Å². The number of anilines is 1. The summed E-state index contributed by atoms with van der Waals surface area (Å²) in [7, 11) is 1.71. The van der Waals surface area contributed by atoms with Crippen molar-refractivity contribution in [2.75, 3.05) is 31.1 Å². The zero-order chi connectivity index (χ0) is 16.5. The molecule has 1 fully saturated rings. The molecule has 0 saturated carbocycles. The van der Waals surface area contributed by atoms with Crippen LogP contribution in [0.3, 0.4) is 0 Å². The van der Waals surface area contributed by atoms with Crippen molar-refractivity contribution in [1.82, 2.24) is 24.6 Å². The first-order chi connectivity index (χ1) is 11.7. The molecule has 2 aromatic heterocycles. The number of hydrogen-bond donors (Lipinski definition) is 0. The van der Waals surface area contributed by atoms with Crippen LogP contribution in [0.2, 0.25) is 0 Å². The molecule has 124 valence electrons. The average molecular weight is 326 g/mol. The third-order valence-corrected chi connectivity index (χ3v) is 4.40. The molecule has 0 amide bonds. The molecule has 3 heterocycles. The normalized spacial score (nSPS) is 16.0. The number of fused-ring (bicyclic) bond motifs is 1. The second-order valence-corrected chi connectivity index (χ2v) is 5.96. The monoisotopic (exact) mass is 326 g/mol. The molecule has 0 unspecified atom stereocenters. The van der Waals surface area contributed by atoms with Crippen LogP contribution in [0, 0.1) is 0 Å². The molecule has 1 aliphatic heterocycles. The molecule has 1 saturated heterocycles. The molecule has 3 aromatic rings. The molecule has 0 bridgehead atoms. The molecule has 24 heavy (non-hydrogen) atoms. The standard InChI is InChI=1S/C16H18N6O2/c1-20-10-17-14-8-12(2-3-13(14)16(20)23)22-6-4-21(5-7-22)9-15-19-18-11-24-15/h2-3,8,10-11H,4-7,9H2,1H3. The van der Waals surface area contributed by atoms with Gasteiger partial charge in [-0.05, 0) is 18.2 Å². The summed E-state index contributed by atoms with van der Waals surface area (Å²) in [4.78, 5) is 21.1. The van der Waals surface area contributed by atoms with Crippen molar-refractivity contribution in [2.24, 2.45) is 7.05 Å². The Balaban J connectivity index is 1.48. The minimum absolute atomic E-state index is 0.0177. The van der Waals surface area contributed by atoms with Gasteiger partial charge < -0.3 is 13.9 Å². The highest BCUT2D eigenvalue weighted by Gasteiger charge is 2.19. The van der Waals surface area contributed by atoms with Gasteiger partial charge in [-0.15, -0.1) is 10.2 Å². The first kappa shape index (κ1) is 14.8. The Morgan fingerprint density at radius 1 is 1.21 bits per heavy atom. The Morgan fingerprint density at radius 2 is 2.04 bits per heavy atom. The lowest BCUT2D eigenvalue weighted by atomic mass is 10.2. The van der Waals surface area contributed by atoms with E-state index >= 15 is 0 Å². The van der Waals surface area contributed by atoms with Gasteiger partial charge in [-0.3, -0.25) is 9.69 Å². The number of hydrogen-bond acceptors (Lipinski definition) is 7. The van der Waals surface area contributed by atoms with Gasteiger partial charge in [0.05, 0.1) is 23.8 Å². The molecule has 4 rings (SSSR count). The Bertz CT molecular complexity index is 897. The lowest BCUT2D eigenvalue weighted by Crippen LogP contribution is -2.46. The van der Waals surface area contributed by atoms with Gasteiger partial charge in [0.25, 0.3) is 5.56 Å². The summed E-state index contributed by atoms with van der Waals surface area (Å²) in [5.74, 6) is 0.647. The topological polar surface area (TPSA) is 80.3 Å². The number of aromatic nitrogens is 4. The van der Waals surface area contributed by atoms with E-state index in [-0.39, 0.29) is 5.56 Å². The van der Waals surface area contributed by atoms with Gasteiger partial charge in [0.15, 0.2) is 0 Å². The highest BCUT2D eigenvalue weighted by atomic mass is 16.4. The van der Waals surface area contributed by atoms with Crippen molar-refractivity contribution in [2.45, 2.75) is 6.54 Å². The zero-order valence-corrected chi connectivity index (χ0v) is 13.4. The smallest absolute Gasteiger partial charge is 0.260 e. The van der Waals surface area contributed by atoms with Gasteiger partial charge in [0, 0.05) is 38.9 Å². The minimum Gasteiger partial charge on any atom is -0.427 e. The van der Waals surface area contributed by atoms with Crippen molar-refractivity contribution in [3.05, 3.63) is 47.2 Å². The molecule has 0 spiro atoms. The van der Waals surface area contributed by atoms with Crippen molar-refractivity contribution >= 4 is 16.6 Å². The third kappa shape index (κ3) is 2.76. The Hall–Kier alpha value is -2.74. The highest BCUT2D eigenvalue weighted by Crippen LogP contribution is 2.20. The van der Waals surface area contributed by atoms with Crippen LogP contribution in [0.5, 0.6) is 0 Å². The molecular weight excluding hydrogens is 308 g/mol. The summed E-state index contributed by atoms with van der Waals surface area (Å²) in [5, 5.41) is 8.28. The van der Waals surface area contributed by atoms with Crippen LogP contribution in [0.4, 0.5) is 5.69 Å². The highest BCUT2D eigenvalue weighted by molar-refractivity contribution is 5.81. The molecule has 0 radical (unpaired) electrons. The molecule has 8 nitrogen and oxygen atoms in total. The van der Waals surface area contributed by atoms with E-state index in [1.54, 1.807) is 13.4 Å². The SMILES string of the molecule is Cn1cnc2cc(N3CCN(Cc4nnco4)CC3)ccc2c1=O. The van der Waals surface area contributed by atoms with Crippen LogP contribution in [0.1, 0.15) is 5.89 Å². The van der Waals surface area contributed by atoms with E-state index in [0.29, 0.717) is 17.8 Å². The van der Waals surface area contributed by atoms with Crippen LogP contribution >= 0.6 is 0 Å². The fourth-order valence-electron chi connectivity index (χ4n) is 3.02. The van der Waals surface area contributed by atoms with Gasteiger partial charge >= 0.3 is 0 Å². The maximum Gasteiger partial charge on any atom is 0.260 e. The quantitative estimate of drug-likeness (QED) is 0.698. The molecule has 0 aliphatic carbocycles. The number of nitrogens with zero attached hydrogens (tertiary/aromatic N) is 6. The van der Waals surface area contributed by atoms with E-state index in [2.05, 4.69) is 25.0 Å². The maximum atomic E-state index is 12.1. The fourth-order valence-corrected chi connectivity index (χ4v) is 3.02. The van der Waals surface area contributed by atoms with Crippen LogP contribution in [-0.2, 0) is 13.6 Å². The minimum atomic E-state index is -0.0177. The largest absolute Gasteiger partial charge is 0.427 e. The number of aryl methyl sites for hydroxylation is 1. The summed E-state index contributed by atoms with van der Waals surface area (Å²) in [6.45, 7) is 4.34. The molecule has 8 heteroatoms. The van der Waals surface area contributed by atoms with Gasteiger partial charge in [0.1, 0.15) is 0 Å². The molecule has 0 atom stereocenters. The maximum absolute atomic E-state index is 12.1. The summed E-state index contributed by atoms with van der Waals surface area (Å²) in [6, 6.07) is 5.86. The first-order valence-electron chi connectivity index (χ1n) is 7.88. The Labute approximate surface area is 138 Å². The third-order valence-electron chi connectivity index (χ3n) is 4.40. The Kier molecular flexibility index (Phi) is 3.73. The molecule has 1 aliphatic rings. The van der Waals surface area contributed by atoms with Gasteiger partial charge in [-0.25, -0.2) is 4.98 Å². The van der Waals surface area contributed by atoms with Crippen molar-refractivity contribution in [3.63, 3.8) is 0 Å². The van der Waals surface area contributed by atoms with Gasteiger partial charge in [0.2, 0.25) is 12.3 Å². The molecule has 1 aromatic carbocycles.